The molecule has 1 N–H and O–H groups in total. The van der Waals surface area contributed by atoms with E-state index < -0.39 is 0 Å². The molecule has 7 nitrogen and oxygen atoms in total. The predicted molar refractivity (Wildman–Crippen MR) is 126 cm³/mol. The maximum atomic E-state index is 13.0. The first-order chi connectivity index (χ1) is 14.6. The summed E-state index contributed by atoms with van der Waals surface area (Å²) in [5.74, 6) is 0.159. The maximum Gasteiger partial charge on any atom is 0.237 e. The Balaban J connectivity index is 1.51. The van der Waals surface area contributed by atoms with Crippen molar-refractivity contribution in [1.29, 1.82) is 0 Å². The van der Waals surface area contributed by atoms with Crippen molar-refractivity contribution in [2.24, 2.45) is 0 Å². The quantitative estimate of drug-likeness (QED) is 0.741. The predicted octanol–water partition coefficient (Wildman–Crippen LogP) is 2.74. The second-order valence-electron chi connectivity index (χ2n) is 9.40. The number of nitrogens with one attached hydrogen (secondary N) is 1. The molecule has 1 aromatic carbocycles. The van der Waals surface area contributed by atoms with Gasteiger partial charge >= 0.3 is 0 Å². The minimum atomic E-state index is -0.216. The summed E-state index contributed by atoms with van der Waals surface area (Å²) in [5.41, 5.74) is 0.768. The number of hydrogen-bond donors (Lipinski definition) is 1. The molecule has 0 bridgehead atoms. The second-order valence-corrected chi connectivity index (χ2v) is 10.5. The number of fused-ring (bicyclic) bond motifs is 1. The summed E-state index contributed by atoms with van der Waals surface area (Å²) >= 11 is 1.65. The molecule has 1 saturated heterocycles. The Morgan fingerprint density at radius 1 is 1.13 bits per heavy atom. The summed E-state index contributed by atoms with van der Waals surface area (Å²) in [6, 6.07) is 8.01. The summed E-state index contributed by atoms with van der Waals surface area (Å²) in [7, 11) is 1.86. The molecule has 1 aliphatic heterocycles. The number of para-hydroxylation sites is 1. The van der Waals surface area contributed by atoms with E-state index in [2.05, 4.69) is 21.2 Å². The molecule has 1 unspecified atom stereocenters. The molecule has 1 atom stereocenters. The second kappa shape index (κ2) is 10.1. The van der Waals surface area contributed by atoms with Crippen LogP contribution in [0.3, 0.4) is 0 Å². The zero-order valence-corrected chi connectivity index (χ0v) is 20.2. The lowest BCUT2D eigenvalue weighted by Gasteiger charge is -2.27. The van der Waals surface area contributed by atoms with Gasteiger partial charge in [-0.05, 0) is 59.3 Å². The third-order valence-electron chi connectivity index (χ3n) is 5.56. The normalized spacial score (nSPS) is 17.3. The van der Waals surface area contributed by atoms with Crippen LogP contribution < -0.4 is 5.32 Å². The lowest BCUT2D eigenvalue weighted by atomic mass is 10.1. The third kappa shape index (κ3) is 6.72. The molecule has 8 heteroatoms. The highest BCUT2D eigenvalue weighted by Gasteiger charge is 2.24. The number of hydrogen-bond acceptors (Lipinski definition) is 6. The molecule has 1 aromatic heterocycles. The first kappa shape index (κ1) is 23.6. The SMILES string of the molecule is CC(c1nc2ccccc2s1)N(C)C(=O)CN1CCCN(CC(=O)NC(C)(C)C)CC1. The van der Waals surface area contributed by atoms with Crippen molar-refractivity contribution < 1.29 is 9.59 Å². The molecule has 2 heterocycles. The lowest BCUT2D eigenvalue weighted by molar-refractivity contribution is -0.133. The number of thiazole rings is 1. The van der Waals surface area contributed by atoms with Gasteiger partial charge in [0.05, 0.1) is 29.3 Å². The fourth-order valence-corrected chi connectivity index (χ4v) is 4.82. The molecular formula is C23H35N5O2S. The number of amides is 2. The van der Waals surface area contributed by atoms with Crippen LogP contribution in [0.1, 0.15) is 45.2 Å². The van der Waals surface area contributed by atoms with E-state index >= 15 is 0 Å². The minimum Gasteiger partial charge on any atom is -0.350 e. The number of carbonyl (C=O) groups excluding carboxylic acids is 2. The molecule has 2 amide bonds. The van der Waals surface area contributed by atoms with Crippen LogP contribution in [0.5, 0.6) is 0 Å². The highest BCUT2D eigenvalue weighted by Crippen LogP contribution is 2.28. The van der Waals surface area contributed by atoms with Crippen LogP contribution in [-0.4, -0.2) is 83.4 Å². The van der Waals surface area contributed by atoms with E-state index in [0.29, 0.717) is 13.1 Å². The number of likely N-dealkylation sites (N-methyl/N-ethyl adjacent to an activating group) is 1. The fourth-order valence-electron chi connectivity index (χ4n) is 3.75. The zero-order chi connectivity index (χ0) is 22.6. The Kier molecular flexibility index (Phi) is 7.67. The van der Waals surface area contributed by atoms with Gasteiger partial charge in [-0.25, -0.2) is 4.98 Å². The molecular weight excluding hydrogens is 410 g/mol. The maximum absolute atomic E-state index is 13.0. The van der Waals surface area contributed by atoms with Crippen LogP contribution in [0, 0.1) is 0 Å². The van der Waals surface area contributed by atoms with Gasteiger partial charge in [-0.2, -0.15) is 0 Å². The Bertz CT molecular complexity index is 874. The lowest BCUT2D eigenvalue weighted by Crippen LogP contribution is -2.46. The Morgan fingerprint density at radius 2 is 1.77 bits per heavy atom. The Morgan fingerprint density at radius 3 is 2.42 bits per heavy atom. The first-order valence-corrected chi connectivity index (χ1v) is 11.8. The summed E-state index contributed by atoms with van der Waals surface area (Å²) < 4.78 is 1.15. The topological polar surface area (TPSA) is 68.8 Å². The van der Waals surface area contributed by atoms with E-state index in [1.54, 1.807) is 16.2 Å². The van der Waals surface area contributed by atoms with Gasteiger partial charge < -0.3 is 10.2 Å². The van der Waals surface area contributed by atoms with E-state index in [-0.39, 0.29) is 23.4 Å². The van der Waals surface area contributed by atoms with Crippen LogP contribution in [-0.2, 0) is 9.59 Å². The van der Waals surface area contributed by atoms with Crippen LogP contribution in [0.2, 0.25) is 0 Å². The summed E-state index contributed by atoms with van der Waals surface area (Å²) in [5, 5.41) is 3.98. The highest BCUT2D eigenvalue weighted by atomic mass is 32.1. The van der Waals surface area contributed by atoms with E-state index in [1.165, 1.54) is 0 Å². The number of benzene rings is 1. The third-order valence-corrected chi connectivity index (χ3v) is 6.77. The van der Waals surface area contributed by atoms with Gasteiger partial charge in [0.15, 0.2) is 0 Å². The van der Waals surface area contributed by atoms with Gasteiger partial charge in [-0.15, -0.1) is 11.3 Å². The van der Waals surface area contributed by atoms with Crippen LogP contribution in [0.25, 0.3) is 10.2 Å². The minimum absolute atomic E-state index is 0.0569. The average Bonchev–Trinajstić information content (AvgIpc) is 3.01. The Hall–Kier alpha value is -2.03. The van der Waals surface area contributed by atoms with Crippen LogP contribution >= 0.6 is 11.3 Å². The smallest absolute Gasteiger partial charge is 0.237 e. The van der Waals surface area contributed by atoms with Crippen molar-refractivity contribution in [2.45, 2.75) is 45.7 Å². The standard InChI is InChI=1S/C23H35N5O2S/c1-17(22-24-18-9-6-7-10-19(18)31-22)26(5)21(30)16-28-12-8-11-27(13-14-28)15-20(29)25-23(2,3)4/h6-7,9-10,17H,8,11-16H2,1-5H3,(H,25,29). The van der Waals surface area contributed by atoms with Crippen molar-refractivity contribution in [3.63, 3.8) is 0 Å². The monoisotopic (exact) mass is 445 g/mol. The van der Waals surface area contributed by atoms with Gasteiger partial charge in [-0.1, -0.05) is 12.1 Å². The highest BCUT2D eigenvalue weighted by molar-refractivity contribution is 7.18. The van der Waals surface area contributed by atoms with Crippen molar-refractivity contribution >= 4 is 33.4 Å². The van der Waals surface area contributed by atoms with Crippen molar-refractivity contribution in [1.82, 2.24) is 25.0 Å². The van der Waals surface area contributed by atoms with Gasteiger partial charge in [0.2, 0.25) is 11.8 Å². The number of nitrogens with zero attached hydrogens (tertiary/aromatic N) is 4. The molecule has 0 aliphatic carbocycles. The van der Waals surface area contributed by atoms with Crippen molar-refractivity contribution in [3.05, 3.63) is 29.3 Å². The molecule has 2 aromatic rings. The fraction of sp³-hybridized carbons (Fsp3) is 0.609. The van der Waals surface area contributed by atoms with Gasteiger partial charge in [-0.3, -0.25) is 19.4 Å². The van der Waals surface area contributed by atoms with E-state index in [1.807, 2.05) is 52.9 Å². The average molecular weight is 446 g/mol. The van der Waals surface area contributed by atoms with Crippen molar-refractivity contribution in [3.8, 4) is 0 Å². The number of carbonyl (C=O) groups is 2. The molecule has 31 heavy (non-hydrogen) atoms. The van der Waals surface area contributed by atoms with Crippen LogP contribution in [0.4, 0.5) is 0 Å². The van der Waals surface area contributed by atoms with E-state index in [9.17, 15) is 9.59 Å². The van der Waals surface area contributed by atoms with Crippen LogP contribution in [0.15, 0.2) is 24.3 Å². The molecule has 170 valence electrons. The molecule has 0 saturated carbocycles. The number of rotatable bonds is 6. The number of aromatic nitrogens is 1. The van der Waals surface area contributed by atoms with Gasteiger partial charge in [0, 0.05) is 25.7 Å². The summed E-state index contributed by atoms with van der Waals surface area (Å²) in [6.07, 6.45) is 0.952. The molecule has 1 aliphatic rings. The molecule has 0 spiro atoms. The van der Waals surface area contributed by atoms with Crippen molar-refractivity contribution in [2.75, 3.05) is 46.3 Å². The largest absolute Gasteiger partial charge is 0.350 e. The molecule has 1 fully saturated rings. The Labute approximate surface area is 189 Å². The van der Waals surface area contributed by atoms with Gasteiger partial charge in [0.25, 0.3) is 0 Å². The summed E-state index contributed by atoms with van der Waals surface area (Å²) in [6.45, 7) is 12.1. The molecule has 3 rings (SSSR count). The van der Waals surface area contributed by atoms with E-state index in [4.69, 9.17) is 4.98 Å². The molecule has 0 radical (unpaired) electrons. The zero-order valence-electron chi connectivity index (χ0n) is 19.4. The summed E-state index contributed by atoms with van der Waals surface area (Å²) in [4.78, 5) is 36.1. The van der Waals surface area contributed by atoms with E-state index in [0.717, 1.165) is 47.8 Å². The van der Waals surface area contributed by atoms with Gasteiger partial charge in [0.1, 0.15) is 5.01 Å². The first-order valence-electron chi connectivity index (χ1n) is 11.0.